The van der Waals surface area contributed by atoms with Crippen molar-refractivity contribution in [3.8, 4) is 0 Å². The van der Waals surface area contributed by atoms with E-state index in [0.29, 0.717) is 19.6 Å². The van der Waals surface area contributed by atoms with E-state index in [0.717, 1.165) is 44.0 Å². The highest BCUT2D eigenvalue weighted by atomic mass is 19.4. The molecule has 7 nitrogen and oxygen atoms in total. The molecule has 0 aliphatic carbocycles. The molecule has 3 heterocycles. The fraction of sp³-hybridized carbons (Fsp3) is 0.500. The molecule has 2 aliphatic rings. The first-order chi connectivity index (χ1) is 15.2. The fourth-order valence-electron chi connectivity index (χ4n) is 4.31. The molecule has 1 aromatic heterocycles. The predicted octanol–water partition coefficient (Wildman–Crippen LogP) is 2.13. The molecule has 1 N–H and O–H groups in total. The predicted molar refractivity (Wildman–Crippen MR) is 112 cm³/mol. The second-order valence-corrected chi connectivity index (χ2v) is 8.35. The molecule has 1 aromatic carbocycles. The third-order valence-corrected chi connectivity index (χ3v) is 6.31. The number of hydrogen-bond donors (Lipinski definition) is 1. The molecule has 32 heavy (non-hydrogen) atoms. The summed E-state index contributed by atoms with van der Waals surface area (Å²) >= 11 is 0. The summed E-state index contributed by atoms with van der Waals surface area (Å²) in [7, 11) is 0. The zero-order chi connectivity index (χ0) is 22.8. The maximum Gasteiger partial charge on any atom is 0.416 e. The van der Waals surface area contributed by atoms with E-state index < -0.39 is 17.3 Å². The number of benzene rings is 1. The van der Waals surface area contributed by atoms with E-state index in [2.05, 4.69) is 19.8 Å². The van der Waals surface area contributed by atoms with Crippen LogP contribution in [-0.2, 0) is 16.6 Å². The quantitative estimate of drug-likeness (QED) is 0.771. The smallest absolute Gasteiger partial charge is 0.385 e. The van der Waals surface area contributed by atoms with Crippen LogP contribution in [0.25, 0.3) is 0 Å². The SMILES string of the molecule is O=C(CN1CCN(c2cncnc2)CC1)N1CCC(O)(c2cccc(C(F)(F)F)c2)CC1. The molecule has 0 atom stereocenters. The van der Waals surface area contributed by atoms with Crippen LogP contribution in [0.4, 0.5) is 18.9 Å². The second kappa shape index (κ2) is 9.03. The van der Waals surface area contributed by atoms with E-state index in [1.54, 1.807) is 17.3 Å². The van der Waals surface area contributed by atoms with E-state index in [1.807, 2.05) is 0 Å². The van der Waals surface area contributed by atoms with Gasteiger partial charge in [0, 0.05) is 39.3 Å². The molecule has 4 rings (SSSR count). The number of hydrogen-bond acceptors (Lipinski definition) is 6. The van der Waals surface area contributed by atoms with Crippen molar-refractivity contribution in [3.05, 3.63) is 54.1 Å². The molecule has 2 saturated heterocycles. The van der Waals surface area contributed by atoms with Crippen LogP contribution in [-0.4, -0.2) is 76.6 Å². The van der Waals surface area contributed by atoms with Crippen molar-refractivity contribution in [3.63, 3.8) is 0 Å². The Bertz CT molecular complexity index is 925. The largest absolute Gasteiger partial charge is 0.416 e. The van der Waals surface area contributed by atoms with E-state index in [1.165, 1.54) is 18.5 Å². The van der Waals surface area contributed by atoms with E-state index in [4.69, 9.17) is 0 Å². The molecule has 172 valence electrons. The molecule has 0 radical (unpaired) electrons. The average molecular weight is 449 g/mol. The first-order valence-corrected chi connectivity index (χ1v) is 10.6. The van der Waals surface area contributed by atoms with Gasteiger partial charge in [0.05, 0.1) is 35.8 Å². The number of piperidine rings is 1. The van der Waals surface area contributed by atoms with Gasteiger partial charge >= 0.3 is 6.18 Å². The second-order valence-electron chi connectivity index (χ2n) is 8.35. The number of carbonyl (C=O) groups is 1. The molecule has 2 fully saturated rings. The van der Waals surface area contributed by atoms with Gasteiger partial charge in [0.15, 0.2) is 0 Å². The standard InChI is InChI=1S/C22H26F3N5O2/c23-22(24,25)18-3-1-2-17(12-18)21(32)4-6-30(7-5-21)20(31)15-28-8-10-29(11-9-28)19-13-26-16-27-14-19/h1-3,12-14,16,32H,4-11,15H2. The molecule has 0 unspecified atom stereocenters. The summed E-state index contributed by atoms with van der Waals surface area (Å²) in [6.07, 6.45) is 0.996. The molecular weight excluding hydrogens is 423 g/mol. The van der Waals surface area contributed by atoms with E-state index in [-0.39, 0.29) is 24.3 Å². The Hall–Kier alpha value is -2.72. The number of rotatable bonds is 4. The average Bonchev–Trinajstić information content (AvgIpc) is 2.80. The van der Waals surface area contributed by atoms with E-state index in [9.17, 15) is 23.1 Å². The van der Waals surface area contributed by atoms with Crippen molar-refractivity contribution in [2.24, 2.45) is 0 Å². The molecular formula is C22H26F3N5O2. The summed E-state index contributed by atoms with van der Waals surface area (Å²) in [6, 6.07) is 4.84. The third-order valence-electron chi connectivity index (χ3n) is 6.31. The van der Waals surface area contributed by atoms with Gasteiger partial charge in [-0.15, -0.1) is 0 Å². The Morgan fingerprint density at radius 1 is 1.03 bits per heavy atom. The Morgan fingerprint density at radius 2 is 1.69 bits per heavy atom. The van der Waals surface area contributed by atoms with Crippen LogP contribution in [0.3, 0.4) is 0 Å². The minimum atomic E-state index is -4.46. The molecule has 2 aromatic rings. The number of likely N-dealkylation sites (tertiary alicyclic amines) is 1. The van der Waals surface area contributed by atoms with Gasteiger partial charge in [-0.05, 0) is 30.5 Å². The summed E-state index contributed by atoms with van der Waals surface area (Å²) < 4.78 is 39.1. The Morgan fingerprint density at radius 3 is 2.31 bits per heavy atom. The van der Waals surface area contributed by atoms with Crippen LogP contribution < -0.4 is 4.90 Å². The van der Waals surface area contributed by atoms with E-state index >= 15 is 0 Å². The highest BCUT2D eigenvalue weighted by Crippen LogP contribution is 2.36. The fourth-order valence-corrected chi connectivity index (χ4v) is 4.31. The van der Waals surface area contributed by atoms with Crippen LogP contribution in [0.15, 0.2) is 43.0 Å². The zero-order valence-corrected chi connectivity index (χ0v) is 17.6. The highest BCUT2D eigenvalue weighted by molar-refractivity contribution is 5.78. The lowest BCUT2D eigenvalue weighted by Crippen LogP contribution is -2.52. The summed E-state index contributed by atoms with van der Waals surface area (Å²) in [5.41, 5.74) is -0.923. The van der Waals surface area contributed by atoms with Crippen molar-refractivity contribution in [1.82, 2.24) is 19.8 Å². The molecule has 0 bridgehead atoms. The Kier molecular flexibility index (Phi) is 6.34. The number of nitrogens with zero attached hydrogens (tertiary/aromatic N) is 5. The van der Waals surface area contributed by atoms with Crippen molar-refractivity contribution >= 4 is 11.6 Å². The van der Waals surface area contributed by atoms with Gasteiger partial charge in [-0.3, -0.25) is 9.69 Å². The lowest BCUT2D eigenvalue weighted by molar-refractivity contribution is -0.137. The first-order valence-electron chi connectivity index (χ1n) is 10.6. The maximum atomic E-state index is 13.0. The molecule has 0 saturated carbocycles. The summed E-state index contributed by atoms with van der Waals surface area (Å²) in [4.78, 5) is 26.8. The number of alkyl halides is 3. The zero-order valence-electron chi connectivity index (χ0n) is 17.6. The number of amides is 1. The lowest BCUT2D eigenvalue weighted by Gasteiger charge is -2.40. The molecule has 2 aliphatic heterocycles. The summed E-state index contributed by atoms with van der Waals surface area (Å²) in [5.74, 6) is -0.0208. The van der Waals surface area contributed by atoms with Crippen molar-refractivity contribution in [2.75, 3.05) is 50.7 Å². The Balaban J connectivity index is 1.29. The van der Waals surface area contributed by atoms with Gasteiger partial charge in [-0.25, -0.2) is 9.97 Å². The number of aliphatic hydroxyl groups is 1. The van der Waals surface area contributed by atoms with Crippen molar-refractivity contribution in [2.45, 2.75) is 24.6 Å². The van der Waals surface area contributed by atoms with Crippen molar-refractivity contribution in [1.29, 1.82) is 0 Å². The third kappa shape index (κ3) is 5.02. The molecule has 0 spiro atoms. The van der Waals surface area contributed by atoms with Gasteiger partial charge < -0.3 is 14.9 Å². The van der Waals surface area contributed by atoms with Gasteiger partial charge in [0.2, 0.25) is 5.91 Å². The van der Waals surface area contributed by atoms with Crippen molar-refractivity contribution < 1.29 is 23.1 Å². The number of anilines is 1. The Labute approximate surface area is 184 Å². The normalized spacial score (nSPS) is 19.8. The summed E-state index contributed by atoms with van der Waals surface area (Å²) in [6.45, 7) is 3.94. The lowest BCUT2D eigenvalue weighted by atomic mass is 9.83. The van der Waals surface area contributed by atoms with Crippen LogP contribution in [0.1, 0.15) is 24.0 Å². The number of halogens is 3. The monoisotopic (exact) mass is 449 g/mol. The minimum Gasteiger partial charge on any atom is -0.385 e. The van der Waals surface area contributed by atoms with Crippen LogP contribution in [0.5, 0.6) is 0 Å². The number of piperazine rings is 1. The van der Waals surface area contributed by atoms with Gasteiger partial charge in [-0.2, -0.15) is 13.2 Å². The van der Waals surface area contributed by atoms with Crippen LogP contribution in [0.2, 0.25) is 0 Å². The topological polar surface area (TPSA) is 72.8 Å². The summed E-state index contributed by atoms with van der Waals surface area (Å²) in [5, 5.41) is 11.0. The molecule has 10 heteroatoms. The first kappa shape index (κ1) is 22.5. The maximum absolute atomic E-state index is 13.0. The van der Waals surface area contributed by atoms with Gasteiger partial charge in [0.1, 0.15) is 6.33 Å². The number of aromatic nitrogens is 2. The highest BCUT2D eigenvalue weighted by Gasteiger charge is 2.38. The molecule has 1 amide bonds. The number of carbonyl (C=O) groups excluding carboxylic acids is 1. The van der Waals surface area contributed by atoms with Crippen LogP contribution in [0, 0.1) is 0 Å². The van der Waals surface area contributed by atoms with Gasteiger partial charge in [-0.1, -0.05) is 12.1 Å². The van der Waals surface area contributed by atoms with Crippen LogP contribution >= 0.6 is 0 Å². The van der Waals surface area contributed by atoms with Gasteiger partial charge in [0.25, 0.3) is 0 Å². The minimum absolute atomic E-state index is 0.0208.